The molecule has 5 N–H and O–H groups in total. The Labute approximate surface area is 159 Å². The van der Waals surface area contributed by atoms with Crippen LogP contribution >= 0.6 is 0 Å². The van der Waals surface area contributed by atoms with Crippen LogP contribution in [0.3, 0.4) is 0 Å². The normalized spacial score (nSPS) is 13.1. The maximum absolute atomic E-state index is 9.55. The van der Waals surface area contributed by atoms with Crippen molar-refractivity contribution < 1.29 is 39.6 Å². The first-order valence-corrected chi connectivity index (χ1v) is 7.72. The molecule has 0 amide bonds. The molecule has 1 fully saturated rings. The van der Waals surface area contributed by atoms with Crippen LogP contribution in [0.1, 0.15) is 0 Å². The Morgan fingerprint density at radius 1 is 0.821 bits per heavy atom. The van der Waals surface area contributed by atoms with Crippen LogP contribution in [-0.2, 0) is 19.2 Å². The predicted octanol–water partition coefficient (Wildman–Crippen LogP) is -0.690. The third kappa shape index (κ3) is 14.5. The summed E-state index contributed by atoms with van der Waals surface area (Å²) in [5.74, 6) is -4.04. The van der Waals surface area contributed by atoms with Crippen molar-refractivity contribution >= 4 is 29.7 Å². The number of aliphatic carboxylic acids is 4. The van der Waals surface area contributed by atoms with Gasteiger partial charge in [-0.25, -0.2) is 24.2 Å². The molecular weight excluding hydrogens is 376 g/mol. The van der Waals surface area contributed by atoms with Gasteiger partial charge in [-0.3, -0.25) is 4.98 Å². The van der Waals surface area contributed by atoms with E-state index in [-0.39, 0.29) is 0 Å². The summed E-state index contributed by atoms with van der Waals surface area (Å²) in [7, 11) is 0. The smallest absolute Gasteiger partial charge is 0.328 e. The minimum atomic E-state index is -1.26. The highest BCUT2D eigenvalue weighted by atomic mass is 16.4. The van der Waals surface area contributed by atoms with Crippen LogP contribution < -0.4 is 10.2 Å². The van der Waals surface area contributed by atoms with E-state index in [0.29, 0.717) is 24.3 Å². The Kier molecular flexibility index (Phi) is 12.4. The van der Waals surface area contributed by atoms with E-state index in [2.05, 4.69) is 20.2 Å². The van der Waals surface area contributed by atoms with Crippen LogP contribution in [-0.4, -0.2) is 80.5 Å². The van der Waals surface area contributed by atoms with Crippen LogP contribution in [0.5, 0.6) is 0 Å². The largest absolute Gasteiger partial charge is 0.478 e. The van der Waals surface area contributed by atoms with Crippen LogP contribution in [0.25, 0.3) is 0 Å². The van der Waals surface area contributed by atoms with Gasteiger partial charge in [-0.1, -0.05) is 0 Å². The highest BCUT2D eigenvalue weighted by Gasteiger charge is 2.10. The predicted molar refractivity (Wildman–Crippen MR) is 95.9 cm³/mol. The lowest BCUT2D eigenvalue weighted by atomic mass is 10.4. The molecule has 1 aliphatic rings. The average Bonchev–Trinajstić information content (AvgIpc) is 2.67. The molecule has 0 spiro atoms. The van der Waals surface area contributed by atoms with Gasteiger partial charge < -0.3 is 30.6 Å². The number of carboxylic acids is 4. The topological polar surface area (TPSA) is 190 Å². The quantitative estimate of drug-likeness (QED) is 0.394. The summed E-state index contributed by atoms with van der Waals surface area (Å²) in [4.78, 5) is 48.7. The van der Waals surface area contributed by atoms with Gasteiger partial charge in [-0.05, 0) is 0 Å². The number of nitrogens with one attached hydrogen (secondary N) is 1. The van der Waals surface area contributed by atoms with Gasteiger partial charge in [0.15, 0.2) is 0 Å². The van der Waals surface area contributed by atoms with E-state index in [9.17, 15) is 19.2 Å². The fraction of sp³-hybridized carbons (Fsp3) is 0.250. The van der Waals surface area contributed by atoms with Gasteiger partial charge in [-0.15, -0.1) is 0 Å². The highest BCUT2D eigenvalue weighted by molar-refractivity contribution is 5.90. The standard InChI is InChI=1S/C8H12N4.2C4H4O4/c1-2-11-8(7-10-1)12-5-3-9-4-6-12;2*5-3(6)1-2-4(7)8/h1-2,7,9H,3-6H2;2*1-2H,(H,5,6)(H,7,8)/b;2*2-1+. The Bertz CT molecular complexity index is 634. The van der Waals surface area contributed by atoms with Crippen LogP contribution in [0.15, 0.2) is 42.9 Å². The van der Waals surface area contributed by atoms with Crippen molar-refractivity contribution in [2.45, 2.75) is 0 Å². The minimum Gasteiger partial charge on any atom is -0.478 e. The number of nitrogens with zero attached hydrogens (tertiary/aromatic N) is 3. The maximum Gasteiger partial charge on any atom is 0.328 e. The van der Waals surface area contributed by atoms with E-state index in [0.717, 1.165) is 32.0 Å². The van der Waals surface area contributed by atoms with Gasteiger partial charge >= 0.3 is 23.9 Å². The van der Waals surface area contributed by atoms with E-state index in [1.165, 1.54) is 0 Å². The Hall–Kier alpha value is -3.80. The Morgan fingerprint density at radius 3 is 1.57 bits per heavy atom. The Balaban J connectivity index is 0.000000408. The lowest BCUT2D eigenvalue weighted by Gasteiger charge is -2.27. The van der Waals surface area contributed by atoms with E-state index in [1.54, 1.807) is 12.4 Å². The first-order chi connectivity index (χ1) is 13.2. The molecule has 1 aliphatic heterocycles. The highest BCUT2D eigenvalue weighted by Crippen LogP contribution is 2.07. The lowest BCUT2D eigenvalue weighted by molar-refractivity contribution is -0.134. The van der Waals surface area contributed by atoms with Gasteiger partial charge in [0.25, 0.3) is 0 Å². The molecule has 0 aromatic carbocycles. The zero-order valence-electron chi connectivity index (χ0n) is 14.6. The lowest BCUT2D eigenvalue weighted by Crippen LogP contribution is -2.43. The molecule has 2 rings (SSSR count). The number of anilines is 1. The number of carbonyl (C=O) groups is 4. The average molecular weight is 396 g/mol. The summed E-state index contributed by atoms with van der Waals surface area (Å²) in [6.07, 6.45) is 7.48. The van der Waals surface area contributed by atoms with Gasteiger partial charge in [-0.2, -0.15) is 0 Å². The van der Waals surface area contributed by atoms with Crippen molar-refractivity contribution in [1.29, 1.82) is 0 Å². The van der Waals surface area contributed by atoms with E-state index >= 15 is 0 Å². The molecule has 1 aromatic heterocycles. The molecule has 1 saturated heterocycles. The summed E-state index contributed by atoms with van der Waals surface area (Å²) < 4.78 is 0. The molecule has 12 heteroatoms. The monoisotopic (exact) mass is 396 g/mol. The van der Waals surface area contributed by atoms with Crippen molar-refractivity contribution in [3.63, 3.8) is 0 Å². The zero-order valence-corrected chi connectivity index (χ0v) is 14.6. The molecule has 28 heavy (non-hydrogen) atoms. The van der Waals surface area contributed by atoms with Gasteiger partial charge in [0.2, 0.25) is 0 Å². The fourth-order valence-corrected chi connectivity index (χ4v) is 1.63. The molecular formula is C16H20N4O8. The van der Waals surface area contributed by atoms with Crippen molar-refractivity contribution in [2.24, 2.45) is 0 Å². The SMILES string of the molecule is O=C(O)/C=C/C(=O)O.O=C(O)/C=C/C(=O)O.c1cnc(N2CCNCC2)cn1. The minimum absolute atomic E-state index is 0.558. The number of piperazine rings is 1. The number of hydrogen-bond acceptors (Lipinski definition) is 8. The molecule has 1 aromatic rings. The van der Waals surface area contributed by atoms with Crippen molar-refractivity contribution in [3.8, 4) is 0 Å². The van der Waals surface area contributed by atoms with E-state index in [4.69, 9.17) is 20.4 Å². The summed E-state index contributed by atoms with van der Waals surface area (Å²) in [5.41, 5.74) is 0. The molecule has 0 unspecified atom stereocenters. The summed E-state index contributed by atoms with van der Waals surface area (Å²) >= 11 is 0. The molecule has 12 nitrogen and oxygen atoms in total. The molecule has 0 atom stereocenters. The molecule has 0 saturated carbocycles. The molecule has 0 aliphatic carbocycles. The van der Waals surface area contributed by atoms with Crippen molar-refractivity contribution in [2.75, 3.05) is 31.1 Å². The third-order valence-electron chi connectivity index (χ3n) is 2.73. The first-order valence-electron chi connectivity index (χ1n) is 7.72. The van der Waals surface area contributed by atoms with Gasteiger partial charge in [0.05, 0.1) is 6.20 Å². The van der Waals surface area contributed by atoms with Crippen LogP contribution in [0.4, 0.5) is 5.82 Å². The summed E-state index contributed by atoms with van der Waals surface area (Å²) in [5, 5.41) is 34.5. The molecule has 152 valence electrons. The second-order valence-electron chi connectivity index (χ2n) is 4.82. The maximum atomic E-state index is 9.55. The number of hydrogen-bond donors (Lipinski definition) is 5. The van der Waals surface area contributed by atoms with Gasteiger partial charge in [0.1, 0.15) is 5.82 Å². The Morgan fingerprint density at radius 2 is 1.25 bits per heavy atom. The van der Waals surface area contributed by atoms with E-state index < -0.39 is 23.9 Å². The van der Waals surface area contributed by atoms with Crippen LogP contribution in [0, 0.1) is 0 Å². The summed E-state index contributed by atoms with van der Waals surface area (Å²) in [6.45, 7) is 4.13. The number of rotatable bonds is 5. The van der Waals surface area contributed by atoms with Crippen LogP contribution in [0.2, 0.25) is 0 Å². The number of carboxylic acid groups (broad SMARTS) is 4. The second-order valence-corrected chi connectivity index (χ2v) is 4.82. The first kappa shape index (κ1) is 24.2. The van der Waals surface area contributed by atoms with Gasteiger partial charge in [0, 0.05) is 62.9 Å². The third-order valence-corrected chi connectivity index (χ3v) is 2.73. The number of aromatic nitrogens is 2. The van der Waals surface area contributed by atoms with Crippen molar-refractivity contribution in [1.82, 2.24) is 15.3 Å². The zero-order chi connectivity index (χ0) is 21.4. The van der Waals surface area contributed by atoms with Crippen molar-refractivity contribution in [3.05, 3.63) is 42.9 Å². The fourth-order valence-electron chi connectivity index (χ4n) is 1.63. The molecule has 2 heterocycles. The summed E-state index contributed by atoms with van der Waals surface area (Å²) in [6, 6.07) is 0. The second kappa shape index (κ2) is 14.4. The molecule has 0 radical (unpaired) electrons. The van der Waals surface area contributed by atoms with E-state index in [1.807, 2.05) is 6.20 Å². The molecule has 0 bridgehead atoms.